The van der Waals surface area contributed by atoms with Crippen LogP contribution in [0, 0.1) is 10.1 Å². The summed E-state index contributed by atoms with van der Waals surface area (Å²) in [6.07, 6.45) is 2.88. The van der Waals surface area contributed by atoms with E-state index in [2.05, 4.69) is 10.0 Å². The van der Waals surface area contributed by atoms with Crippen LogP contribution in [0.1, 0.15) is 19.3 Å². The van der Waals surface area contributed by atoms with Crippen LogP contribution in [-0.4, -0.2) is 32.5 Å². The molecule has 1 aromatic carbocycles. The van der Waals surface area contributed by atoms with E-state index in [4.69, 9.17) is 0 Å². The number of non-ortho nitro benzene ring substituents is 1. The Bertz CT molecular complexity index is 582. The van der Waals surface area contributed by atoms with Crippen LogP contribution in [0.3, 0.4) is 0 Å². The lowest BCUT2D eigenvalue weighted by atomic mass is 10.2. The Morgan fingerprint density at radius 2 is 2.25 bits per heavy atom. The van der Waals surface area contributed by atoms with Crippen molar-refractivity contribution < 1.29 is 13.3 Å². The molecule has 0 spiro atoms. The first-order valence-electron chi connectivity index (χ1n) is 6.46. The van der Waals surface area contributed by atoms with Gasteiger partial charge in [-0.15, -0.1) is 0 Å². The molecule has 1 fully saturated rings. The van der Waals surface area contributed by atoms with Crippen LogP contribution in [0.4, 0.5) is 5.69 Å². The average molecular weight is 299 g/mol. The third-order valence-electron chi connectivity index (χ3n) is 3.29. The van der Waals surface area contributed by atoms with Gasteiger partial charge in [-0.1, -0.05) is 6.07 Å². The fraction of sp³-hybridized carbons (Fsp3) is 0.500. The standard InChI is InChI=1S/C12H17N3O4S/c16-15(17)11-4-1-5-12(9-11)20(18,19)14-8-6-10-3-2-7-13-10/h1,4-5,9-10,13-14H,2-3,6-8H2/t10-/m1/s1. The fourth-order valence-corrected chi connectivity index (χ4v) is 3.31. The van der Waals surface area contributed by atoms with E-state index in [0.29, 0.717) is 19.0 Å². The third kappa shape index (κ3) is 3.75. The molecule has 2 rings (SSSR count). The molecule has 1 saturated heterocycles. The van der Waals surface area contributed by atoms with E-state index in [1.54, 1.807) is 0 Å². The Morgan fingerprint density at radius 3 is 2.90 bits per heavy atom. The van der Waals surface area contributed by atoms with E-state index < -0.39 is 14.9 Å². The van der Waals surface area contributed by atoms with Crippen molar-refractivity contribution >= 4 is 15.7 Å². The Labute approximate surface area is 117 Å². The summed E-state index contributed by atoms with van der Waals surface area (Å²) in [7, 11) is -3.69. The Kier molecular flexibility index (Phi) is 4.69. The molecule has 0 bridgehead atoms. The lowest BCUT2D eigenvalue weighted by Crippen LogP contribution is -2.30. The molecule has 0 aromatic heterocycles. The first-order valence-corrected chi connectivity index (χ1v) is 7.95. The number of nitro groups is 1. The molecule has 8 heteroatoms. The number of nitrogens with zero attached hydrogens (tertiary/aromatic N) is 1. The molecule has 1 aromatic rings. The number of nitro benzene ring substituents is 1. The smallest absolute Gasteiger partial charge is 0.270 e. The van der Waals surface area contributed by atoms with Crippen molar-refractivity contribution in [3.8, 4) is 0 Å². The van der Waals surface area contributed by atoms with Gasteiger partial charge >= 0.3 is 0 Å². The van der Waals surface area contributed by atoms with Gasteiger partial charge in [-0.2, -0.15) is 0 Å². The summed E-state index contributed by atoms with van der Waals surface area (Å²) in [6.45, 7) is 1.30. The first kappa shape index (κ1) is 14.9. The molecule has 0 unspecified atom stereocenters. The number of hydrogen-bond donors (Lipinski definition) is 2. The highest BCUT2D eigenvalue weighted by Gasteiger charge is 2.19. The Hall–Kier alpha value is -1.51. The zero-order valence-electron chi connectivity index (χ0n) is 10.9. The highest BCUT2D eigenvalue weighted by molar-refractivity contribution is 7.89. The first-order chi connectivity index (χ1) is 9.49. The van der Waals surface area contributed by atoms with Crippen LogP contribution in [-0.2, 0) is 10.0 Å². The zero-order chi connectivity index (χ0) is 14.6. The summed E-state index contributed by atoms with van der Waals surface area (Å²) in [5.41, 5.74) is -0.231. The number of rotatable bonds is 6. The predicted octanol–water partition coefficient (Wildman–Crippen LogP) is 1.02. The Balaban J connectivity index is 1.98. The van der Waals surface area contributed by atoms with E-state index in [0.717, 1.165) is 25.5 Å². The maximum absolute atomic E-state index is 12.0. The van der Waals surface area contributed by atoms with E-state index in [1.165, 1.54) is 18.2 Å². The maximum atomic E-state index is 12.0. The van der Waals surface area contributed by atoms with Crippen molar-refractivity contribution in [2.45, 2.75) is 30.2 Å². The molecule has 0 radical (unpaired) electrons. The van der Waals surface area contributed by atoms with Gasteiger partial charge in [0.1, 0.15) is 0 Å². The quantitative estimate of drug-likeness (QED) is 0.603. The van der Waals surface area contributed by atoms with Gasteiger partial charge < -0.3 is 5.32 Å². The van der Waals surface area contributed by atoms with Gasteiger partial charge in [0, 0.05) is 24.7 Å². The van der Waals surface area contributed by atoms with Crippen LogP contribution in [0.5, 0.6) is 0 Å². The highest BCUT2D eigenvalue weighted by atomic mass is 32.2. The fourth-order valence-electron chi connectivity index (χ4n) is 2.22. The molecule has 1 heterocycles. The van der Waals surface area contributed by atoms with Crippen LogP contribution in [0.2, 0.25) is 0 Å². The lowest BCUT2D eigenvalue weighted by Gasteiger charge is -2.11. The van der Waals surface area contributed by atoms with Gasteiger partial charge in [0.25, 0.3) is 5.69 Å². The molecule has 0 saturated carbocycles. The van der Waals surface area contributed by atoms with Crippen molar-refractivity contribution in [3.05, 3.63) is 34.4 Å². The molecule has 0 amide bonds. The summed E-state index contributed by atoms with van der Waals surface area (Å²) in [4.78, 5) is 9.96. The topological polar surface area (TPSA) is 101 Å². The summed E-state index contributed by atoms with van der Waals surface area (Å²) in [5.74, 6) is 0. The average Bonchev–Trinajstić information content (AvgIpc) is 2.92. The van der Waals surface area contributed by atoms with E-state index in [-0.39, 0.29) is 10.6 Å². The second-order valence-corrected chi connectivity index (χ2v) is 6.50. The minimum atomic E-state index is -3.69. The van der Waals surface area contributed by atoms with Gasteiger partial charge in [0.05, 0.1) is 9.82 Å². The normalized spacial score (nSPS) is 19.1. The van der Waals surface area contributed by atoms with Crippen molar-refractivity contribution in [2.75, 3.05) is 13.1 Å². The molecule has 1 aliphatic heterocycles. The molecular weight excluding hydrogens is 282 g/mol. The molecule has 110 valence electrons. The van der Waals surface area contributed by atoms with Gasteiger partial charge in [-0.3, -0.25) is 10.1 Å². The largest absolute Gasteiger partial charge is 0.314 e. The number of sulfonamides is 1. The highest BCUT2D eigenvalue weighted by Crippen LogP contribution is 2.17. The molecule has 7 nitrogen and oxygen atoms in total. The second-order valence-electron chi connectivity index (χ2n) is 4.73. The van der Waals surface area contributed by atoms with Gasteiger partial charge in [0.2, 0.25) is 10.0 Å². The van der Waals surface area contributed by atoms with Crippen LogP contribution in [0.15, 0.2) is 29.2 Å². The summed E-state index contributed by atoms with van der Waals surface area (Å²) in [5, 5.41) is 13.9. The minimum Gasteiger partial charge on any atom is -0.314 e. The van der Waals surface area contributed by atoms with E-state index in [9.17, 15) is 18.5 Å². The SMILES string of the molecule is O=[N+]([O-])c1cccc(S(=O)(=O)NCC[C@H]2CCCN2)c1. The van der Waals surface area contributed by atoms with E-state index in [1.807, 2.05) is 0 Å². The van der Waals surface area contributed by atoms with Crippen LogP contribution in [0.25, 0.3) is 0 Å². The van der Waals surface area contributed by atoms with Crippen molar-refractivity contribution in [3.63, 3.8) is 0 Å². The number of nitrogens with one attached hydrogen (secondary N) is 2. The minimum absolute atomic E-state index is 0.0777. The molecule has 0 aliphatic carbocycles. The van der Waals surface area contributed by atoms with Crippen molar-refractivity contribution in [2.24, 2.45) is 0 Å². The van der Waals surface area contributed by atoms with Crippen LogP contribution < -0.4 is 10.0 Å². The lowest BCUT2D eigenvalue weighted by molar-refractivity contribution is -0.385. The van der Waals surface area contributed by atoms with Crippen LogP contribution >= 0.6 is 0 Å². The molecule has 1 aliphatic rings. The monoisotopic (exact) mass is 299 g/mol. The van der Waals surface area contributed by atoms with Gasteiger partial charge in [0.15, 0.2) is 0 Å². The molecule has 2 N–H and O–H groups in total. The predicted molar refractivity (Wildman–Crippen MR) is 73.9 cm³/mol. The molecule has 1 atom stereocenters. The van der Waals surface area contributed by atoms with Gasteiger partial charge in [-0.25, -0.2) is 13.1 Å². The molecular formula is C12H17N3O4S. The Morgan fingerprint density at radius 1 is 1.45 bits per heavy atom. The number of hydrogen-bond acceptors (Lipinski definition) is 5. The molecule has 20 heavy (non-hydrogen) atoms. The summed E-state index contributed by atoms with van der Waals surface area (Å²) in [6, 6.07) is 5.40. The number of benzene rings is 1. The summed E-state index contributed by atoms with van der Waals surface area (Å²) < 4.78 is 26.5. The van der Waals surface area contributed by atoms with Crippen molar-refractivity contribution in [1.82, 2.24) is 10.0 Å². The van der Waals surface area contributed by atoms with E-state index >= 15 is 0 Å². The van der Waals surface area contributed by atoms with Gasteiger partial charge in [-0.05, 0) is 31.9 Å². The summed E-state index contributed by atoms with van der Waals surface area (Å²) >= 11 is 0. The van der Waals surface area contributed by atoms with Crippen molar-refractivity contribution in [1.29, 1.82) is 0 Å². The third-order valence-corrected chi connectivity index (χ3v) is 4.74. The maximum Gasteiger partial charge on any atom is 0.270 e. The zero-order valence-corrected chi connectivity index (χ0v) is 11.7. The second kappa shape index (κ2) is 6.29.